The van der Waals surface area contributed by atoms with Crippen LogP contribution in [-0.4, -0.2) is 36.2 Å². The number of nitrogens with zero attached hydrogens (tertiary/aromatic N) is 1. The van der Waals surface area contributed by atoms with Crippen LogP contribution in [0.2, 0.25) is 0 Å². The van der Waals surface area contributed by atoms with Gasteiger partial charge in [-0.25, -0.2) is 0 Å². The highest BCUT2D eigenvalue weighted by Crippen LogP contribution is 2.31. The molecular formula is C13H23N3O2. The maximum absolute atomic E-state index is 11.4. The highest BCUT2D eigenvalue weighted by atomic mass is 16.3. The van der Waals surface area contributed by atoms with Crippen molar-refractivity contribution < 1.29 is 9.90 Å². The van der Waals surface area contributed by atoms with Gasteiger partial charge in [-0.3, -0.25) is 4.79 Å². The summed E-state index contributed by atoms with van der Waals surface area (Å²) in [7, 11) is 0. The molecule has 0 aromatic heterocycles. The lowest BCUT2D eigenvalue weighted by Gasteiger charge is -2.35. The molecule has 18 heavy (non-hydrogen) atoms. The highest BCUT2D eigenvalue weighted by Gasteiger charge is 2.32. The van der Waals surface area contributed by atoms with E-state index in [9.17, 15) is 9.90 Å². The molecule has 0 bridgehead atoms. The first-order valence-corrected chi connectivity index (χ1v) is 6.62. The molecule has 0 aromatic rings. The van der Waals surface area contributed by atoms with E-state index in [0.29, 0.717) is 25.4 Å². The van der Waals surface area contributed by atoms with E-state index >= 15 is 0 Å². The molecule has 1 amide bonds. The number of carbonyl (C=O) groups is 1. The van der Waals surface area contributed by atoms with Crippen LogP contribution in [0.4, 0.5) is 0 Å². The zero-order valence-electron chi connectivity index (χ0n) is 11.0. The van der Waals surface area contributed by atoms with Crippen molar-refractivity contribution in [2.75, 3.05) is 19.6 Å². The second-order valence-corrected chi connectivity index (χ2v) is 5.29. The lowest BCUT2D eigenvalue weighted by Crippen LogP contribution is -2.46. The van der Waals surface area contributed by atoms with Gasteiger partial charge in [0.15, 0.2) is 0 Å². The lowest BCUT2D eigenvalue weighted by atomic mass is 9.79. The largest absolute Gasteiger partial charge is 0.389 e. The van der Waals surface area contributed by atoms with E-state index in [2.05, 4.69) is 17.6 Å². The Kier molecular flexibility index (Phi) is 6.10. The molecule has 1 aliphatic carbocycles. The Labute approximate surface area is 109 Å². The number of hydrogen-bond acceptors (Lipinski definition) is 4. The van der Waals surface area contributed by atoms with Gasteiger partial charge in [-0.15, -0.1) is 0 Å². The SMILES string of the molecule is CC1CCCC(O)(CNCC(=O)NCCC#N)C1. The van der Waals surface area contributed by atoms with Crippen LogP contribution in [0.25, 0.3) is 0 Å². The van der Waals surface area contributed by atoms with Gasteiger partial charge in [-0.2, -0.15) is 5.26 Å². The molecule has 0 radical (unpaired) electrons. The zero-order chi connectivity index (χ0) is 13.4. The van der Waals surface area contributed by atoms with Crippen molar-refractivity contribution in [2.45, 2.75) is 44.6 Å². The average molecular weight is 253 g/mol. The second kappa shape index (κ2) is 7.34. The fourth-order valence-corrected chi connectivity index (χ4v) is 2.52. The molecule has 0 saturated heterocycles. The number of rotatable bonds is 6. The molecule has 0 aliphatic heterocycles. The Hall–Kier alpha value is -1.12. The monoisotopic (exact) mass is 253 g/mol. The van der Waals surface area contributed by atoms with Crippen molar-refractivity contribution in [3.8, 4) is 6.07 Å². The van der Waals surface area contributed by atoms with Crippen molar-refractivity contribution in [3.05, 3.63) is 0 Å². The van der Waals surface area contributed by atoms with E-state index in [1.165, 1.54) is 6.42 Å². The van der Waals surface area contributed by atoms with Crippen LogP contribution in [0.1, 0.15) is 39.0 Å². The van der Waals surface area contributed by atoms with Crippen molar-refractivity contribution in [1.29, 1.82) is 5.26 Å². The molecule has 1 saturated carbocycles. The first-order valence-electron chi connectivity index (χ1n) is 6.62. The third-order valence-corrected chi connectivity index (χ3v) is 3.37. The summed E-state index contributed by atoms with van der Waals surface area (Å²) in [6.07, 6.45) is 4.16. The molecule has 0 spiro atoms. The van der Waals surface area contributed by atoms with E-state index in [1.54, 1.807) is 0 Å². The lowest BCUT2D eigenvalue weighted by molar-refractivity contribution is -0.120. The average Bonchev–Trinajstić information content (AvgIpc) is 2.28. The quantitative estimate of drug-likeness (QED) is 0.603. The molecule has 3 N–H and O–H groups in total. The van der Waals surface area contributed by atoms with Gasteiger partial charge in [0.1, 0.15) is 0 Å². The summed E-state index contributed by atoms with van der Waals surface area (Å²) < 4.78 is 0. The van der Waals surface area contributed by atoms with E-state index in [4.69, 9.17) is 5.26 Å². The topological polar surface area (TPSA) is 85.2 Å². The van der Waals surface area contributed by atoms with Gasteiger partial charge in [0, 0.05) is 13.1 Å². The van der Waals surface area contributed by atoms with Crippen molar-refractivity contribution in [3.63, 3.8) is 0 Å². The predicted octanol–water partition coefficient (Wildman–Crippen LogP) is 0.547. The van der Waals surface area contributed by atoms with Crippen LogP contribution in [0.5, 0.6) is 0 Å². The van der Waals surface area contributed by atoms with E-state index in [0.717, 1.165) is 19.3 Å². The minimum absolute atomic E-state index is 0.127. The first kappa shape index (κ1) is 14.9. The van der Waals surface area contributed by atoms with Gasteiger partial charge in [0.25, 0.3) is 0 Å². The van der Waals surface area contributed by atoms with Crippen molar-refractivity contribution >= 4 is 5.91 Å². The standard InChI is InChI=1S/C13H23N3O2/c1-11-4-2-5-13(18,8-11)10-15-9-12(17)16-7-3-6-14/h11,15,18H,2-5,7-10H2,1H3,(H,16,17). The smallest absolute Gasteiger partial charge is 0.233 e. The predicted molar refractivity (Wildman–Crippen MR) is 68.7 cm³/mol. The van der Waals surface area contributed by atoms with Crippen molar-refractivity contribution in [1.82, 2.24) is 10.6 Å². The Bertz CT molecular complexity index is 314. The highest BCUT2D eigenvalue weighted by molar-refractivity contribution is 5.77. The number of nitriles is 1. The van der Waals surface area contributed by atoms with Gasteiger partial charge in [-0.05, 0) is 18.8 Å². The summed E-state index contributed by atoms with van der Waals surface area (Å²) in [5.41, 5.74) is -0.662. The molecule has 2 atom stereocenters. The molecule has 0 heterocycles. The summed E-state index contributed by atoms with van der Waals surface area (Å²) in [5, 5.41) is 24.3. The maximum Gasteiger partial charge on any atom is 0.233 e. The van der Waals surface area contributed by atoms with Crippen LogP contribution < -0.4 is 10.6 Å². The third-order valence-electron chi connectivity index (χ3n) is 3.37. The minimum Gasteiger partial charge on any atom is -0.389 e. The molecule has 102 valence electrons. The van der Waals surface area contributed by atoms with Crippen LogP contribution in [0.15, 0.2) is 0 Å². The molecule has 1 rings (SSSR count). The molecule has 1 aliphatic rings. The van der Waals surface area contributed by atoms with Crippen LogP contribution in [0.3, 0.4) is 0 Å². The van der Waals surface area contributed by atoms with Crippen LogP contribution >= 0.6 is 0 Å². The van der Waals surface area contributed by atoms with E-state index in [1.807, 2.05) is 6.07 Å². The first-order chi connectivity index (χ1) is 8.56. The fourth-order valence-electron chi connectivity index (χ4n) is 2.52. The molecular weight excluding hydrogens is 230 g/mol. The molecule has 2 unspecified atom stereocenters. The number of carbonyl (C=O) groups excluding carboxylic acids is 1. The molecule has 5 heteroatoms. The Morgan fingerprint density at radius 2 is 2.39 bits per heavy atom. The number of nitrogens with one attached hydrogen (secondary N) is 2. The molecule has 1 fully saturated rings. The Morgan fingerprint density at radius 3 is 3.06 bits per heavy atom. The summed E-state index contributed by atoms with van der Waals surface area (Å²) >= 11 is 0. The second-order valence-electron chi connectivity index (χ2n) is 5.29. The van der Waals surface area contributed by atoms with Crippen molar-refractivity contribution in [2.24, 2.45) is 5.92 Å². The molecule has 0 aromatic carbocycles. The van der Waals surface area contributed by atoms with Gasteiger partial charge < -0.3 is 15.7 Å². The summed E-state index contributed by atoms with van der Waals surface area (Å²) in [5.74, 6) is 0.424. The summed E-state index contributed by atoms with van der Waals surface area (Å²) in [6, 6.07) is 1.97. The van der Waals surface area contributed by atoms with Gasteiger partial charge in [0.2, 0.25) is 5.91 Å². The van der Waals surface area contributed by atoms with Gasteiger partial charge >= 0.3 is 0 Å². The van der Waals surface area contributed by atoms with Crippen LogP contribution in [0, 0.1) is 17.2 Å². The van der Waals surface area contributed by atoms with E-state index in [-0.39, 0.29) is 12.5 Å². The fraction of sp³-hybridized carbons (Fsp3) is 0.846. The number of hydrogen-bond donors (Lipinski definition) is 3. The normalized spacial score (nSPS) is 27.5. The summed E-state index contributed by atoms with van der Waals surface area (Å²) in [4.78, 5) is 11.4. The number of aliphatic hydroxyl groups is 1. The van der Waals surface area contributed by atoms with Crippen LogP contribution in [-0.2, 0) is 4.79 Å². The van der Waals surface area contributed by atoms with Gasteiger partial charge in [-0.1, -0.05) is 19.8 Å². The molecule has 5 nitrogen and oxygen atoms in total. The third kappa shape index (κ3) is 5.48. The minimum atomic E-state index is -0.662. The Morgan fingerprint density at radius 1 is 1.61 bits per heavy atom. The van der Waals surface area contributed by atoms with E-state index < -0.39 is 5.60 Å². The summed E-state index contributed by atoms with van der Waals surface area (Å²) in [6.45, 7) is 3.20. The maximum atomic E-state index is 11.4. The van der Waals surface area contributed by atoms with Gasteiger partial charge in [0.05, 0.1) is 24.6 Å². The number of amides is 1. The Balaban J connectivity index is 2.16. The zero-order valence-corrected chi connectivity index (χ0v) is 11.0.